The largest absolute Gasteiger partial charge is 0.396 e. The average Bonchev–Trinajstić information content (AvgIpc) is 2.64. The van der Waals surface area contributed by atoms with Crippen LogP contribution in [0.2, 0.25) is 0 Å². The van der Waals surface area contributed by atoms with Gasteiger partial charge >= 0.3 is 0 Å². The van der Waals surface area contributed by atoms with Gasteiger partial charge in [0.05, 0.1) is 0 Å². The topological polar surface area (TPSA) is 78.4 Å². The highest BCUT2D eigenvalue weighted by molar-refractivity contribution is 5.90. The lowest BCUT2D eigenvalue weighted by atomic mass is 10.0. The average molecular weight is 228 g/mol. The van der Waals surface area contributed by atoms with Gasteiger partial charge in [0.15, 0.2) is 0 Å². The number of amides is 2. The summed E-state index contributed by atoms with van der Waals surface area (Å²) < 4.78 is 0. The second-order valence-electron chi connectivity index (χ2n) is 4.53. The van der Waals surface area contributed by atoms with Gasteiger partial charge in [-0.3, -0.25) is 9.59 Å². The molecular formula is C11H20N2O3. The molecule has 0 aromatic carbocycles. The zero-order valence-corrected chi connectivity index (χ0v) is 9.82. The molecule has 0 aromatic heterocycles. The summed E-state index contributed by atoms with van der Waals surface area (Å²) in [6.07, 6.45) is 1.53. The van der Waals surface area contributed by atoms with E-state index in [1.165, 1.54) is 0 Å². The summed E-state index contributed by atoms with van der Waals surface area (Å²) in [5.41, 5.74) is 0. The maximum Gasteiger partial charge on any atom is 0.242 e. The minimum atomic E-state index is -0.396. The van der Waals surface area contributed by atoms with Crippen molar-refractivity contribution in [1.29, 1.82) is 0 Å². The highest BCUT2D eigenvalue weighted by atomic mass is 16.3. The molecular weight excluding hydrogens is 208 g/mol. The summed E-state index contributed by atoms with van der Waals surface area (Å²) in [4.78, 5) is 22.7. The molecule has 16 heavy (non-hydrogen) atoms. The number of nitrogens with one attached hydrogen (secondary N) is 2. The van der Waals surface area contributed by atoms with Gasteiger partial charge in [-0.15, -0.1) is 0 Å². The first-order valence-corrected chi connectivity index (χ1v) is 5.75. The van der Waals surface area contributed by atoms with Gasteiger partial charge in [0.1, 0.15) is 6.04 Å². The third-order valence-corrected chi connectivity index (χ3v) is 2.88. The SMILES string of the molecule is CC(C)C(CCO)NC(=O)C1CCC(=O)N1. The fourth-order valence-corrected chi connectivity index (χ4v) is 1.81. The molecule has 1 saturated heterocycles. The predicted octanol–water partition coefficient (Wildman–Crippen LogP) is -0.212. The van der Waals surface area contributed by atoms with Crippen LogP contribution in [0.15, 0.2) is 0 Å². The summed E-state index contributed by atoms with van der Waals surface area (Å²) in [6.45, 7) is 4.04. The first kappa shape index (κ1) is 13.0. The first-order chi connectivity index (χ1) is 7.54. The lowest BCUT2D eigenvalue weighted by Gasteiger charge is -2.23. The van der Waals surface area contributed by atoms with E-state index in [4.69, 9.17) is 5.11 Å². The molecule has 1 heterocycles. The molecule has 1 rings (SSSR count). The quantitative estimate of drug-likeness (QED) is 0.609. The number of aliphatic hydroxyl groups excluding tert-OH is 1. The number of aliphatic hydroxyl groups is 1. The molecule has 1 aliphatic rings. The number of rotatable bonds is 5. The van der Waals surface area contributed by atoms with Crippen LogP contribution in [-0.2, 0) is 9.59 Å². The van der Waals surface area contributed by atoms with Gasteiger partial charge in [0.25, 0.3) is 0 Å². The van der Waals surface area contributed by atoms with E-state index in [-0.39, 0.29) is 30.4 Å². The molecule has 0 aromatic rings. The van der Waals surface area contributed by atoms with E-state index in [0.717, 1.165) is 0 Å². The van der Waals surface area contributed by atoms with E-state index in [2.05, 4.69) is 10.6 Å². The summed E-state index contributed by atoms with van der Waals surface area (Å²) in [5, 5.41) is 14.4. The number of hydrogen-bond acceptors (Lipinski definition) is 3. The zero-order chi connectivity index (χ0) is 12.1. The molecule has 1 aliphatic heterocycles. The van der Waals surface area contributed by atoms with Crippen LogP contribution in [0.3, 0.4) is 0 Å². The van der Waals surface area contributed by atoms with Crippen molar-refractivity contribution in [1.82, 2.24) is 10.6 Å². The highest BCUT2D eigenvalue weighted by Crippen LogP contribution is 2.10. The van der Waals surface area contributed by atoms with Crippen molar-refractivity contribution in [2.45, 2.75) is 45.2 Å². The van der Waals surface area contributed by atoms with Gasteiger partial charge in [0.2, 0.25) is 11.8 Å². The summed E-state index contributed by atoms with van der Waals surface area (Å²) in [6, 6.07) is -0.428. The van der Waals surface area contributed by atoms with Crippen LogP contribution in [0.1, 0.15) is 33.1 Å². The maximum absolute atomic E-state index is 11.8. The Labute approximate surface area is 95.6 Å². The van der Waals surface area contributed by atoms with Crippen molar-refractivity contribution >= 4 is 11.8 Å². The predicted molar refractivity (Wildman–Crippen MR) is 59.6 cm³/mol. The fraction of sp³-hybridized carbons (Fsp3) is 0.818. The van der Waals surface area contributed by atoms with Crippen LogP contribution in [0.5, 0.6) is 0 Å². The summed E-state index contributed by atoms with van der Waals surface area (Å²) >= 11 is 0. The van der Waals surface area contributed by atoms with Gasteiger partial charge in [-0.25, -0.2) is 0 Å². The van der Waals surface area contributed by atoms with E-state index in [9.17, 15) is 9.59 Å². The maximum atomic E-state index is 11.8. The fourth-order valence-electron chi connectivity index (χ4n) is 1.81. The van der Waals surface area contributed by atoms with Crippen molar-refractivity contribution in [2.24, 2.45) is 5.92 Å². The van der Waals surface area contributed by atoms with Gasteiger partial charge in [-0.1, -0.05) is 13.8 Å². The van der Waals surface area contributed by atoms with Crippen LogP contribution in [-0.4, -0.2) is 35.6 Å². The highest BCUT2D eigenvalue weighted by Gasteiger charge is 2.28. The molecule has 92 valence electrons. The number of hydrogen-bond donors (Lipinski definition) is 3. The molecule has 0 aliphatic carbocycles. The zero-order valence-electron chi connectivity index (χ0n) is 9.82. The Bertz CT molecular complexity index is 266. The Hall–Kier alpha value is -1.10. The van der Waals surface area contributed by atoms with Crippen LogP contribution in [0.25, 0.3) is 0 Å². The normalized spacial score (nSPS) is 22.0. The van der Waals surface area contributed by atoms with Crippen LogP contribution in [0, 0.1) is 5.92 Å². The second kappa shape index (κ2) is 5.84. The van der Waals surface area contributed by atoms with Gasteiger partial charge in [-0.05, 0) is 18.8 Å². The second-order valence-corrected chi connectivity index (χ2v) is 4.53. The Kier molecular flexibility index (Phi) is 4.73. The monoisotopic (exact) mass is 228 g/mol. The van der Waals surface area contributed by atoms with Crippen LogP contribution < -0.4 is 10.6 Å². The first-order valence-electron chi connectivity index (χ1n) is 5.75. The van der Waals surface area contributed by atoms with Crippen molar-refractivity contribution in [3.8, 4) is 0 Å². The Morgan fingerprint density at radius 2 is 2.31 bits per heavy atom. The molecule has 0 spiro atoms. The lowest BCUT2D eigenvalue weighted by Crippen LogP contribution is -2.47. The summed E-state index contributed by atoms with van der Waals surface area (Å²) in [7, 11) is 0. The lowest BCUT2D eigenvalue weighted by molar-refractivity contribution is -0.126. The Morgan fingerprint density at radius 3 is 2.75 bits per heavy atom. The van der Waals surface area contributed by atoms with Crippen molar-refractivity contribution in [3.63, 3.8) is 0 Å². The molecule has 0 saturated carbocycles. The van der Waals surface area contributed by atoms with Gasteiger partial charge in [-0.2, -0.15) is 0 Å². The minimum absolute atomic E-state index is 0.0324. The minimum Gasteiger partial charge on any atom is -0.396 e. The summed E-state index contributed by atoms with van der Waals surface area (Å²) in [5.74, 6) is 0.0645. The van der Waals surface area contributed by atoms with E-state index in [0.29, 0.717) is 19.3 Å². The molecule has 0 bridgehead atoms. The van der Waals surface area contributed by atoms with Gasteiger partial charge in [0, 0.05) is 19.1 Å². The molecule has 2 atom stereocenters. The third-order valence-electron chi connectivity index (χ3n) is 2.88. The molecule has 2 amide bonds. The standard InChI is InChI=1S/C11H20N2O3/c1-7(2)8(5-6-14)13-11(16)9-3-4-10(15)12-9/h7-9,14H,3-6H2,1-2H3,(H,12,15)(H,13,16). The van der Waals surface area contributed by atoms with E-state index >= 15 is 0 Å². The molecule has 0 radical (unpaired) electrons. The Morgan fingerprint density at radius 1 is 1.62 bits per heavy atom. The van der Waals surface area contributed by atoms with E-state index in [1.54, 1.807) is 0 Å². The molecule has 2 unspecified atom stereocenters. The Balaban J connectivity index is 2.45. The van der Waals surface area contributed by atoms with Crippen molar-refractivity contribution in [2.75, 3.05) is 6.61 Å². The van der Waals surface area contributed by atoms with Gasteiger partial charge < -0.3 is 15.7 Å². The molecule has 5 heteroatoms. The third kappa shape index (κ3) is 3.48. The number of carbonyl (C=O) groups excluding carboxylic acids is 2. The van der Waals surface area contributed by atoms with Crippen molar-refractivity contribution in [3.05, 3.63) is 0 Å². The molecule has 1 fully saturated rings. The van der Waals surface area contributed by atoms with Crippen LogP contribution in [0.4, 0.5) is 0 Å². The van der Waals surface area contributed by atoms with E-state index in [1.807, 2.05) is 13.8 Å². The molecule has 5 nitrogen and oxygen atoms in total. The van der Waals surface area contributed by atoms with Crippen LogP contribution >= 0.6 is 0 Å². The molecule has 3 N–H and O–H groups in total. The van der Waals surface area contributed by atoms with Crippen molar-refractivity contribution < 1.29 is 14.7 Å². The smallest absolute Gasteiger partial charge is 0.242 e. The number of carbonyl (C=O) groups is 2. The van der Waals surface area contributed by atoms with E-state index < -0.39 is 6.04 Å².